The Labute approximate surface area is 187 Å². The number of hydrogen-bond acceptors (Lipinski definition) is 5. The van der Waals surface area contributed by atoms with E-state index in [1.165, 1.54) is 11.8 Å². The number of thioether (sulfide) groups is 1. The zero-order valence-electron chi connectivity index (χ0n) is 18.2. The van der Waals surface area contributed by atoms with Gasteiger partial charge in [-0.1, -0.05) is 60.6 Å². The smallest absolute Gasteiger partial charge is 0.240 e. The third-order valence-electron chi connectivity index (χ3n) is 4.85. The summed E-state index contributed by atoms with van der Waals surface area (Å²) in [6, 6.07) is 19.8. The quantitative estimate of drug-likeness (QED) is 0.439. The van der Waals surface area contributed by atoms with Gasteiger partial charge in [0.25, 0.3) is 0 Å². The number of aryl methyl sites for hydroxylation is 1. The van der Waals surface area contributed by atoms with Crippen molar-refractivity contribution in [1.82, 2.24) is 14.8 Å². The van der Waals surface area contributed by atoms with Crippen LogP contribution in [-0.2, 0) is 11.3 Å². The van der Waals surface area contributed by atoms with Crippen molar-refractivity contribution in [1.29, 1.82) is 5.26 Å². The zero-order chi connectivity index (χ0) is 22.2. The van der Waals surface area contributed by atoms with Crippen molar-refractivity contribution < 1.29 is 4.79 Å². The lowest BCUT2D eigenvalue weighted by atomic mass is 10.1. The lowest BCUT2D eigenvalue weighted by Crippen LogP contribution is -2.37. The van der Waals surface area contributed by atoms with E-state index in [9.17, 15) is 4.79 Å². The molecule has 2 aromatic carbocycles. The van der Waals surface area contributed by atoms with Gasteiger partial charge in [-0.15, -0.1) is 10.2 Å². The third-order valence-corrected chi connectivity index (χ3v) is 5.92. The van der Waals surface area contributed by atoms with E-state index >= 15 is 0 Å². The second-order valence-electron chi connectivity index (χ2n) is 7.32. The summed E-state index contributed by atoms with van der Waals surface area (Å²) in [6.45, 7) is 7.19. The Morgan fingerprint density at radius 3 is 2.65 bits per heavy atom. The SMILES string of the molecule is CCCn1c(SC(C)C(=O)N(CCC#N)c2ccccc2)nnc1-c1cccc(C)c1. The highest BCUT2D eigenvalue weighted by atomic mass is 32.2. The maximum absolute atomic E-state index is 13.3. The van der Waals surface area contributed by atoms with E-state index in [0.717, 1.165) is 40.8 Å². The molecule has 3 aromatic rings. The molecule has 0 saturated carbocycles. The van der Waals surface area contributed by atoms with Crippen LogP contribution in [0.5, 0.6) is 0 Å². The second-order valence-corrected chi connectivity index (χ2v) is 8.63. The molecule has 0 N–H and O–H groups in total. The summed E-state index contributed by atoms with van der Waals surface area (Å²) in [5.41, 5.74) is 2.98. The van der Waals surface area contributed by atoms with Gasteiger partial charge in [-0.25, -0.2) is 0 Å². The molecule has 0 aliphatic rings. The summed E-state index contributed by atoms with van der Waals surface area (Å²) < 4.78 is 2.09. The number of nitriles is 1. The first-order chi connectivity index (χ1) is 15.0. The second kappa shape index (κ2) is 10.8. The Balaban J connectivity index is 1.85. The molecule has 0 aliphatic carbocycles. The fourth-order valence-corrected chi connectivity index (χ4v) is 4.30. The molecule has 0 radical (unpaired) electrons. The summed E-state index contributed by atoms with van der Waals surface area (Å²) in [6.07, 6.45) is 1.21. The highest BCUT2D eigenvalue weighted by Gasteiger charge is 2.25. The Bertz CT molecular complexity index is 1060. The van der Waals surface area contributed by atoms with Crippen molar-refractivity contribution in [2.45, 2.75) is 50.6 Å². The average molecular weight is 434 g/mol. The minimum absolute atomic E-state index is 0.0467. The monoisotopic (exact) mass is 433 g/mol. The molecule has 1 atom stereocenters. The molecule has 31 heavy (non-hydrogen) atoms. The molecule has 0 saturated heterocycles. The molecule has 160 valence electrons. The topological polar surface area (TPSA) is 74.8 Å². The molecule has 0 fully saturated rings. The molecule has 7 heteroatoms. The van der Waals surface area contributed by atoms with Gasteiger partial charge in [0.15, 0.2) is 11.0 Å². The van der Waals surface area contributed by atoms with Gasteiger partial charge < -0.3 is 9.47 Å². The molecule has 0 spiro atoms. The Kier molecular flexibility index (Phi) is 7.85. The Morgan fingerprint density at radius 1 is 1.19 bits per heavy atom. The summed E-state index contributed by atoms with van der Waals surface area (Å²) in [5, 5.41) is 18.2. The van der Waals surface area contributed by atoms with Crippen LogP contribution in [0.3, 0.4) is 0 Å². The van der Waals surface area contributed by atoms with Crippen LogP contribution in [0.4, 0.5) is 5.69 Å². The van der Waals surface area contributed by atoms with Crippen LogP contribution in [0.25, 0.3) is 11.4 Å². The van der Waals surface area contributed by atoms with E-state index in [0.29, 0.717) is 6.54 Å². The third kappa shape index (κ3) is 5.53. The maximum atomic E-state index is 13.3. The number of para-hydroxylation sites is 1. The van der Waals surface area contributed by atoms with Crippen molar-refractivity contribution in [2.24, 2.45) is 0 Å². The molecular formula is C24H27N5OS. The molecule has 1 aromatic heterocycles. The van der Waals surface area contributed by atoms with E-state index in [1.807, 2.05) is 49.4 Å². The van der Waals surface area contributed by atoms with Gasteiger partial charge in [-0.3, -0.25) is 4.79 Å². The van der Waals surface area contributed by atoms with Gasteiger partial charge in [0.05, 0.1) is 17.7 Å². The van der Waals surface area contributed by atoms with E-state index in [2.05, 4.69) is 46.8 Å². The first kappa shape index (κ1) is 22.6. The lowest BCUT2D eigenvalue weighted by Gasteiger charge is -2.24. The molecule has 1 unspecified atom stereocenters. The van der Waals surface area contributed by atoms with Crippen LogP contribution >= 0.6 is 11.8 Å². The Hall–Kier alpha value is -3.11. The number of anilines is 1. The number of amides is 1. The molecule has 6 nitrogen and oxygen atoms in total. The summed E-state index contributed by atoms with van der Waals surface area (Å²) in [4.78, 5) is 15.0. The largest absolute Gasteiger partial charge is 0.310 e. The van der Waals surface area contributed by atoms with E-state index < -0.39 is 0 Å². The number of nitrogens with zero attached hydrogens (tertiary/aromatic N) is 5. The summed E-state index contributed by atoms with van der Waals surface area (Å²) >= 11 is 1.41. The van der Waals surface area contributed by atoms with Crippen LogP contribution in [0.2, 0.25) is 0 Å². The van der Waals surface area contributed by atoms with Gasteiger partial charge in [0, 0.05) is 24.3 Å². The Morgan fingerprint density at radius 2 is 1.97 bits per heavy atom. The first-order valence-corrected chi connectivity index (χ1v) is 11.3. The van der Waals surface area contributed by atoms with Gasteiger partial charge in [-0.05, 0) is 38.5 Å². The predicted octanol–water partition coefficient (Wildman–Crippen LogP) is 5.09. The van der Waals surface area contributed by atoms with Gasteiger partial charge in [-0.2, -0.15) is 5.26 Å². The van der Waals surface area contributed by atoms with Crippen LogP contribution in [-0.4, -0.2) is 32.5 Å². The van der Waals surface area contributed by atoms with Crippen molar-refractivity contribution in [3.8, 4) is 17.5 Å². The van der Waals surface area contributed by atoms with Crippen molar-refractivity contribution >= 4 is 23.4 Å². The van der Waals surface area contributed by atoms with Gasteiger partial charge >= 0.3 is 0 Å². The van der Waals surface area contributed by atoms with Gasteiger partial charge in [0.2, 0.25) is 5.91 Å². The average Bonchev–Trinajstić information content (AvgIpc) is 3.17. The highest BCUT2D eigenvalue weighted by molar-refractivity contribution is 8.00. The molecular weight excluding hydrogens is 406 g/mol. The van der Waals surface area contributed by atoms with Crippen LogP contribution in [0.1, 0.15) is 32.3 Å². The normalized spacial score (nSPS) is 11.7. The molecule has 1 heterocycles. The fourth-order valence-electron chi connectivity index (χ4n) is 3.36. The standard InChI is InChI=1S/C24H27N5OS/c1-4-15-29-22(20-11-8-10-18(2)17-20)26-27-24(29)31-19(3)23(30)28(16-9-14-25)21-12-6-5-7-13-21/h5-8,10-13,17,19H,4,9,15-16H2,1-3H3. The van der Waals surface area contributed by atoms with E-state index in [-0.39, 0.29) is 17.6 Å². The number of hydrogen-bond donors (Lipinski definition) is 0. The van der Waals surface area contributed by atoms with Gasteiger partial charge in [0.1, 0.15) is 0 Å². The molecule has 0 bridgehead atoms. The molecule has 0 aliphatic heterocycles. The predicted molar refractivity (Wildman–Crippen MR) is 125 cm³/mol. The molecule has 3 rings (SSSR count). The number of aromatic nitrogens is 3. The number of rotatable bonds is 9. The lowest BCUT2D eigenvalue weighted by molar-refractivity contribution is -0.117. The van der Waals surface area contributed by atoms with Crippen LogP contribution in [0.15, 0.2) is 59.8 Å². The highest BCUT2D eigenvalue weighted by Crippen LogP contribution is 2.29. The van der Waals surface area contributed by atoms with Crippen molar-refractivity contribution in [3.63, 3.8) is 0 Å². The van der Waals surface area contributed by atoms with Crippen LogP contribution < -0.4 is 4.90 Å². The maximum Gasteiger partial charge on any atom is 0.240 e. The summed E-state index contributed by atoms with van der Waals surface area (Å²) in [7, 11) is 0. The molecule has 1 amide bonds. The minimum atomic E-state index is -0.371. The van der Waals surface area contributed by atoms with E-state index in [4.69, 9.17) is 5.26 Å². The first-order valence-electron chi connectivity index (χ1n) is 10.5. The zero-order valence-corrected chi connectivity index (χ0v) is 19.0. The van der Waals surface area contributed by atoms with E-state index in [1.54, 1.807) is 4.90 Å². The number of carbonyl (C=O) groups excluding carboxylic acids is 1. The summed E-state index contributed by atoms with van der Waals surface area (Å²) in [5.74, 6) is 0.770. The number of benzene rings is 2. The van der Waals surface area contributed by atoms with Crippen molar-refractivity contribution in [3.05, 3.63) is 60.2 Å². The van der Waals surface area contributed by atoms with Crippen LogP contribution in [0, 0.1) is 18.3 Å². The fraction of sp³-hybridized carbons (Fsp3) is 0.333. The number of carbonyl (C=O) groups is 1. The minimum Gasteiger partial charge on any atom is -0.310 e. The van der Waals surface area contributed by atoms with Crippen molar-refractivity contribution in [2.75, 3.05) is 11.4 Å².